The number of nitro groups is 1. The minimum atomic E-state index is -1.14. The SMILES string of the molecule is CC(C(=O)O)N(C)C(=O)c1cc([N+](=O)[O-])cn1C. The lowest BCUT2D eigenvalue weighted by Crippen LogP contribution is -2.40. The Kier molecular flexibility index (Phi) is 3.70. The van der Waals surface area contributed by atoms with E-state index in [2.05, 4.69) is 0 Å². The minimum Gasteiger partial charge on any atom is -0.480 e. The number of nitrogens with zero attached hydrogens (tertiary/aromatic N) is 3. The summed E-state index contributed by atoms with van der Waals surface area (Å²) in [6, 6.07) is 0.111. The average molecular weight is 255 g/mol. The van der Waals surface area contributed by atoms with E-state index in [0.717, 1.165) is 11.0 Å². The van der Waals surface area contributed by atoms with E-state index in [4.69, 9.17) is 5.11 Å². The summed E-state index contributed by atoms with van der Waals surface area (Å²) in [5.41, 5.74) is -0.144. The molecular formula is C10H13N3O5. The predicted molar refractivity (Wildman–Crippen MR) is 61.3 cm³/mol. The Morgan fingerprint density at radius 1 is 1.56 bits per heavy atom. The highest BCUT2D eigenvalue weighted by molar-refractivity contribution is 5.95. The van der Waals surface area contributed by atoms with Gasteiger partial charge in [-0.05, 0) is 6.92 Å². The standard InChI is InChI=1S/C10H13N3O5/c1-6(10(15)16)12(3)9(14)8-4-7(13(17)18)5-11(8)2/h4-6H,1-3H3,(H,15,16). The molecule has 1 amide bonds. The van der Waals surface area contributed by atoms with E-state index in [0.29, 0.717) is 0 Å². The molecule has 0 spiro atoms. The highest BCUT2D eigenvalue weighted by Gasteiger charge is 2.26. The maximum absolute atomic E-state index is 12.0. The van der Waals surface area contributed by atoms with E-state index < -0.39 is 22.8 Å². The monoisotopic (exact) mass is 255 g/mol. The van der Waals surface area contributed by atoms with Crippen LogP contribution in [0, 0.1) is 10.1 Å². The molecule has 0 aliphatic carbocycles. The smallest absolute Gasteiger partial charge is 0.326 e. The van der Waals surface area contributed by atoms with Crippen LogP contribution in [0.25, 0.3) is 0 Å². The zero-order valence-corrected chi connectivity index (χ0v) is 10.2. The van der Waals surface area contributed by atoms with Crippen molar-refractivity contribution in [3.63, 3.8) is 0 Å². The van der Waals surface area contributed by atoms with Crippen molar-refractivity contribution in [2.24, 2.45) is 7.05 Å². The van der Waals surface area contributed by atoms with Crippen molar-refractivity contribution in [1.29, 1.82) is 0 Å². The summed E-state index contributed by atoms with van der Waals surface area (Å²) in [6.45, 7) is 1.36. The number of amides is 1. The van der Waals surface area contributed by atoms with Gasteiger partial charge in [0.2, 0.25) is 0 Å². The molecule has 0 fully saturated rings. The van der Waals surface area contributed by atoms with Crippen molar-refractivity contribution in [3.05, 3.63) is 28.1 Å². The van der Waals surface area contributed by atoms with Gasteiger partial charge in [-0.15, -0.1) is 0 Å². The fourth-order valence-electron chi connectivity index (χ4n) is 1.38. The van der Waals surface area contributed by atoms with E-state index in [1.54, 1.807) is 0 Å². The molecule has 1 atom stereocenters. The van der Waals surface area contributed by atoms with Crippen LogP contribution in [0.2, 0.25) is 0 Å². The molecule has 8 nitrogen and oxygen atoms in total. The van der Waals surface area contributed by atoms with Gasteiger partial charge in [-0.1, -0.05) is 0 Å². The number of carboxylic acid groups (broad SMARTS) is 1. The summed E-state index contributed by atoms with van der Waals surface area (Å²) >= 11 is 0. The van der Waals surface area contributed by atoms with E-state index in [9.17, 15) is 19.7 Å². The van der Waals surface area contributed by atoms with Crippen molar-refractivity contribution in [2.75, 3.05) is 7.05 Å². The lowest BCUT2D eigenvalue weighted by atomic mass is 10.2. The van der Waals surface area contributed by atoms with Crippen LogP contribution in [0.3, 0.4) is 0 Å². The number of likely N-dealkylation sites (N-methyl/N-ethyl adjacent to an activating group) is 1. The average Bonchev–Trinajstić information content (AvgIpc) is 2.68. The molecule has 0 radical (unpaired) electrons. The molecule has 1 aromatic rings. The first kappa shape index (κ1) is 13.7. The first-order valence-corrected chi connectivity index (χ1v) is 5.06. The number of hydrogen-bond donors (Lipinski definition) is 1. The van der Waals surface area contributed by atoms with Gasteiger partial charge in [-0.25, -0.2) is 4.79 Å². The molecule has 0 saturated carbocycles. The van der Waals surface area contributed by atoms with Crippen LogP contribution < -0.4 is 0 Å². The van der Waals surface area contributed by atoms with Crippen molar-refractivity contribution in [1.82, 2.24) is 9.47 Å². The Hall–Kier alpha value is -2.38. The fraction of sp³-hybridized carbons (Fsp3) is 0.400. The highest BCUT2D eigenvalue weighted by atomic mass is 16.6. The number of rotatable bonds is 4. The fourth-order valence-corrected chi connectivity index (χ4v) is 1.38. The number of aromatic nitrogens is 1. The van der Waals surface area contributed by atoms with Gasteiger partial charge in [0.15, 0.2) is 0 Å². The van der Waals surface area contributed by atoms with Crippen LogP contribution in [0.5, 0.6) is 0 Å². The van der Waals surface area contributed by atoms with E-state index >= 15 is 0 Å². The Bertz CT molecular complexity index is 508. The van der Waals surface area contributed by atoms with Gasteiger partial charge in [0.05, 0.1) is 11.1 Å². The third kappa shape index (κ3) is 2.47. The Morgan fingerprint density at radius 3 is 2.50 bits per heavy atom. The van der Waals surface area contributed by atoms with Crippen molar-refractivity contribution < 1.29 is 19.6 Å². The summed E-state index contributed by atoms with van der Waals surface area (Å²) in [5, 5.41) is 19.4. The van der Waals surface area contributed by atoms with E-state index in [-0.39, 0.29) is 11.4 Å². The summed E-state index contributed by atoms with van der Waals surface area (Å²) in [4.78, 5) is 33.7. The summed E-state index contributed by atoms with van der Waals surface area (Å²) < 4.78 is 1.30. The minimum absolute atomic E-state index is 0.0669. The van der Waals surface area contributed by atoms with Crippen LogP contribution in [0.4, 0.5) is 5.69 Å². The molecule has 1 rings (SSSR count). The molecule has 8 heteroatoms. The lowest BCUT2D eigenvalue weighted by molar-refractivity contribution is -0.384. The molecule has 98 valence electrons. The Labute approximate surface area is 103 Å². The van der Waals surface area contributed by atoms with Crippen LogP contribution in [0.1, 0.15) is 17.4 Å². The molecule has 1 N–H and O–H groups in total. The van der Waals surface area contributed by atoms with Gasteiger partial charge >= 0.3 is 5.97 Å². The van der Waals surface area contributed by atoms with E-state index in [1.165, 1.54) is 31.8 Å². The van der Waals surface area contributed by atoms with Gasteiger partial charge in [0.25, 0.3) is 11.6 Å². The summed E-state index contributed by atoms with van der Waals surface area (Å²) in [6.07, 6.45) is 1.20. The molecular weight excluding hydrogens is 242 g/mol. The molecule has 0 saturated heterocycles. The molecule has 0 aromatic carbocycles. The van der Waals surface area contributed by atoms with Crippen LogP contribution in [-0.2, 0) is 11.8 Å². The highest BCUT2D eigenvalue weighted by Crippen LogP contribution is 2.17. The lowest BCUT2D eigenvalue weighted by Gasteiger charge is -2.21. The molecule has 1 aromatic heterocycles. The Morgan fingerprint density at radius 2 is 2.11 bits per heavy atom. The second-order valence-electron chi connectivity index (χ2n) is 3.88. The quantitative estimate of drug-likeness (QED) is 0.622. The first-order valence-electron chi connectivity index (χ1n) is 5.06. The second kappa shape index (κ2) is 4.86. The zero-order valence-electron chi connectivity index (χ0n) is 10.2. The number of carboxylic acids is 1. The maximum Gasteiger partial charge on any atom is 0.326 e. The van der Waals surface area contributed by atoms with Crippen LogP contribution >= 0.6 is 0 Å². The number of hydrogen-bond acceptors (Lipinski definition) is 4. The van der Waals surface area contributed by atoms with Gasteiger partial charge in [-0.2, -0.15) is 0 Å². The molecule has 0 aliphatic heterocycles. The summed E-state index contributed by atoms with van der Waals surface area (Å²) in [5.74, 6) is -1.73. The van der Waals surface area contributed by atoms with Gasteiger partial charge in [0.1, 0.15) is 11.7 Å². The Balaban J connectivity index is 3.04. The number of aliphatic carboxylic acids is 1. The zero-order chi connectivity index (χ0) is 14.0. The first-order chi connectivity index (χ1) is 8.25. The topological polar surface area (TPSA) is 106 Å². The third-order valence-corrected chi connectivity index (χ3v) is 2.68. The second-order valence-corrected chi connectivity index (χ2v) is 3.88. The predicted octanol–water partition coefficient (Wildman–Crippen LogP) is 0.478. The maximum atomic E-state index is 12.0. The molecule has 0 bridgehead atoms. The van der Waals surface area contributed by atoms with Gasteiger partial charge in [0, 0.05) is 20.2 Å². The molecule has 1 heterocycles. The number of aryl methyl sites for hydroxylation is 1. The van der Waals surface area contributed by atoms with E-state index in [1.807, 2.05) is 0 Å². The largest absolute Gasteiger partial charge is 0.480 e. The van der Waals surface area contributed by atoms with Gasteiger partial charge < -0.3 is 14.6 Å². The van der Waals surface area contributed by atoms with Gasteiger partial charge in [-0.3, -0.25) is 14.9 Å². The third-order valence-electron chi connectivity index (χ3n) is 2.68. The van der Waals surface area contributed by atoms with Crippen molar-refractivity contribution >= 4 is 17.6 Å². The molecule has 1 unspecified atom stereocenters. The number of carbonyl (C=O) groups excluding carboxylic acids is 1. The van der Waals surface area contributed by atoms with Crippen molar-refractivity contribution in [3.8, 4) is 0 Å². The number of carbonyl (C=O) groups is 2. The summed E-state index contributed by atoms with van der Waals surface area (Å²) in [7, 11) is 2.82. The van der Waals surface area contributed by atoms with Crippen molar-refractivity contribution in [2.45, 2.75) is 13.0 Å². The van der Waals surface area contributed by atoms with Crippen LogP contribution in [-0.4, -0.2) is 44.5 Å². The molecule has 0 aliphatic rings. The molecule has 18 heavy (non-hydrogen) atoms. The van der Waals surface area contributed by atoms with Crippen LogP contribution in [0.15, 0.2) is 12.3 Å². The normalized spacial score (nSPS) is 11.9.